The number of hydrogen-bond donors (Lipinski definition) is 1. The maximum Gasteiger partial charge on any atom is 0.416 e. The predicted octanol–water partition coefficient (Wildman–Crippen LogP) is 2.57. The summed E-state index contributed by atoms with van der Waals surface area (Å²) in [6.45, 7) is 7.04. The number of amides is 1. The van der Waals surface area contributed by atoms with Crippen LogP contribution in [0.1, 0.15) is 23.4 Å². The van der Waals surface area contributed by atoms with Crippen LogP contribution in [0.15, 0.2) is 24.3 Å². The molecule has 0 radical (unpaired) electrons. The Morgan fingerprint density at radius 3 is 2.40 bits per heavy atom. The van der Waals surface area contributed by atoms with Gasteiger partial charge >= 0.3 is 6.18 Å². The maximum atomic E-state index is 12.7. The van der Waals surface area contributed by atoms with Crippen LogP contribution in [-0.4, -0.2) is 60.2 Å². The molecular weight excluding hydrogens is 351 g/mol. The highest BCUT2D eigenvalue weighted by molar-refractivity contribution is 8.01. The highest BCUT2D eigenvalue weighted by atomic mass is 32.2. The molecule has 2 aliphatic heterocycles. The number of benzene rings is 1. The normalized spacial score (nSPS) is 25.6. The first kappa shape index (κ1) is 18.5. The molecule has 2 heterocycles. The Bertz CT molecular complexity index is 602. The number of thioether (sulfide) groups is 1. The summed E-state index contributed by atoms with van der Waals surface area (Å²) in [4.78, 5) is 16.6. The molecule has 1 amide bonds. The third-order valence-electron chi connectivity index (χ3n) is 4.64. The van der Waals surface area contributed by atoms with Crippen LogP contribution in [0.4, 0.5) is 13.2 Å². The molecule has 0 spiro atoms. The molecule has 0 bridgehead atoms. The largest absolute Gasteiger partial charge is 0.416 e. The molecule has 2 fully saturated rings. The molecule has 0 aliphatic carbocycles. The molecule has 2 aliphatic rings. The molecule has 1 aromatic carbocycles. The van der Waals surface area contributed by atoms with E-state index in [0.29, 0.717) is 6.54 Å². The van der Waals surface area contributed by atoms with Gasteiger partial charge in [-0.2, -0.15) is 13.2 Å². The van der Waals surface area contributed by atoms with Crippen molar-refractivity contribution in [2.75, 3.05) is 39.3 Å². The summed E-state index contributed by atoms with van der Waals surface area (Å²) in [5.74, 6) is 0.0602. The topological polar surface area (TPSA) is 35.6 Å². The van der Waals surface area contributed by atoms with Crippen LogP contribution in [0.3, 0.4) is 0 Å². The van der Waals surface area contributed by atoms with Crippen LogP contribution in [-0.2, 0) is 11.0 Å². The van der Waals surface area contributed by atoms with Crippen molar-refractivity contribution in [2.45, 2.75) is 23.7 Å². The third kappa shape index (κ3) is 4.30. The van der Waals surface area contributed by atoms with E-state index in [-0.39, 0.29) is 16.5 Å². The number of piperazine rings is 1. The molecule has 0 saturated carbocycles. The Labute approximate surface area is 149 Å². The van der Waals surface area contributed by atoms with Gasteiger partial charge in [0.2, 0.25) is 5.91 Å². The van der Waals surface area contributed by atoms with Crippen molar-refractivity contribution < 1.29 is 18.0 Å². The van der Waals surface area contributed by atoms with Crippen molar-refractivity contribution in [1.82, 2.24) is 15.1 Å². The number of rotatable bonds is 4. The summed E-state index contributed by atoms with van der Waals surface area (Å²) in [7, 11) is 0. The van der Waals surface area contributed by atoms with Gasteiger partial charge in [-0.25, -0.2) is 0 Å². The summed E-state index contributed by atoms with van der Waals surface area (Å²) in [6, 6.07) is 5.17. The van der Waals surface area contributed by atoms with E-state index >= 15 is 0 Å². The first-order valence-corrected chi connectivity index (χ1v) is 9.37. The first-order valence-electron chi connectivity index (χ1n) is 8.42. The first-order chi connectivity index (χ1) is 11.9. The molecule has 4 nitrogen and oxygen atoms in total. The smallest absolute Gasteiger partial charge is 0.324 e. The third-order valence-corrected chi connectivity index (χ3v) is 6.03. The average molecular weight is 373 g/mol. The number of alkyl halides is 3. The maximum absolute atomic E-state index is 12.7. The number of carbonyl (C=O) groups is 1. The summed E-state index contributed by atoms with van der Waals surface area (Å²) < 4.78 is 38.2. The molecule has 2 atom stereocenters. The summed E-state index contributed by atoms with van der Waals surface area (Å²) >= 11 is 1.50. The van der Waals surface area contributed by atoms with Crippen LogP contribution < -0.4 is 5.32 Å². The average Bonchev–Trinajstić information content (AvgIpc) is 2.88. The van der Waals surface area contributed by atoms with Gasteiger partial charge in [-0.1, -0.05) is 12.1 Å². The minimum absolute atomic E-state index is 0.0602. The van der Waals surface area contributed by atoms with Crippen molar-refractivity contribution >= 4 is 17.7 Å². The second-order valence-corrected chi connectivity index (χ2v) is 7.80. The number of nitrogens with zero attached hydrogens (tertiary/aromatic N) is 2. The molecule has 0 unspecified atom stereocenters. The van der Waals surface area contributed by atoms with Crippen LogP contribution in [0, 0.1) is 0 Å². The lowest BCUT2D eigenvalue weighted by Gasteiger charge is -2.31. The number of carbonyl (C=O) groups excluding carboxylic acids is 1. The van der Waals surface area contributed by atoms with Crippen molar-refractivity contribution in [2.24, 2.45) is 0 Å². The molecule has 25 heavy (non-hydrogen) atoms. The Morgan fingerprint density at radius 2 is 1.80 bits per heavy atom. The van der Waals surface area contributed by atoms with Gasteiger partial charge in [0, 0.05) is 39.3 Å². The minimum Gasteiger partial charge on any atom is -0.324 e. The van der Waals surface area contributed by atoms with Crippen molar-refractivity contribution in [3.05, 3.63) is 35.4 Å². The van der Waals surface area contributed by atoms with E-state index in [9.17, 15) is 18.0 Å². The standard InChI is InChI=1S/C17H22F3N3OS/c1-12-15(24)23(11-10-22-8-6-21-7-9-22)16(25-12)13-2-4-14(5-3-13)17(18,19)20/h2-5,12,16,21H,6-11H2,1H3/t12-,16+/m0/s1. The number of nitrogens with one attached hydrogen (secondary N) is 1. The van der Waals surface area contributed by atoms with Crippen LogP contribution in [0.2, 0.25) is 0 Å². The second-order valence-electron chi connectivity index (χ2n) is 6.37. The number of halogens is 3. The van der Waals surface area contributed by atoms with Crippen molar-refractivity contribution in [3.8, 4) is 0 Å². The summed E-state index contributed by atoms with van der Waals surface area (Å²) in [5, 5.41) is 2.91. The summed E-state index contributed by atoms with van der Waals surface area (Å²) in [6.07, 6.45) is -4.34. The molecule has 138 valence electrons. The van der Waals surface area contributed by atoms with Gasteiger partial charge in [-0.15, -0.1) is 11.8 Å². The zero-order chi connectivity index (χ0) is 18.0. The minimum atomic E-state index is -4.34. The fourth-order valence-electron chi connectivity index (χ4n) is 3.18. The van der Waals surface area contributed by atoms with Gasteiger partial charge in [0.25, 0.3) is 0 Å². The molecular formula is C17H22F3N3OS. The van der Waals surface area contributed by atoms with Crippen molar-refractivity contribution in [1.29, 1.82) is 0 Å². The fraction of sp³-hybridized carbons (Fsp3) is 0.588. The fourth-order valence-corrected chi connectivity index (χ4v) is 4.49. The SMILES string of the molecule is C[C@@H]1S[C@H](c2ccc(C(F)(F)F)cc2)N(CCN2CCNCC2)C1=O. The predicted molar refractivity (Wildman–Crippen MR) is 92.3 cm³/mol. The molecule has 3 rings (SSSR count). The molecule has 2 saturated heterocycles. The summed E-state index contributed by atoms with van der Waals surface area (Å²) in [5.41, 5.74) is 0.0852. The van der Waals surface area contributed by atoms with Crippen LogP contribution in [0.5, 0.6) is 0 Å². The lowest BCUT2D eigenvalue weighted by molar-refractivity contribution is -0.137. The lowest BCUT2D eigenvalue weighted by Crippen LogP contribution is -2.46. The van der Waals surface area contributed by atoms with Gasteiger partial charge < -0.3 is 10.2 Å². The van der Waals surface area contributed by atoms with Gasteiger partial charge in [0.15, 0.2) is 0 Å². The van der Waals surface area contributed by atoms with Gasteiger partial charge in [-0.05, 0) is 24.6 Å². The van der Waals surface area contributed by atoms with Gasteiger partial charge in [-0.3, -0.25) is 9.69 Å². The van der Waals surface area contributed by atoms with E-state index in [2.05, 4.69) is 10.2 Å². The highest BCUT2D eigenvalue weighted by Gasteiger charge is 2.39. The molecule has 1 N–H and O–H groups in total. The van der Waals surface area contributed by atoms with E-state index in [1.54, 1.807) is 4.90 Å². The molecule has 1 aromatic rings. The Morgan fingerprint density at radius 1 is 1.16 bits per heavy atom. The molecule has 0 aromatic heterocycles. The monoisotopic (exact) mass is 373 g/mol. The van der Waals surface area contributed by atoms with Gasteiger partial charge in [0.05, 0.1) is 10.8 Å². The van der Waals surface area contributed by atoms with E-state index < -0.39 is 11.7 Å². The highest BCUT2D eigenvalue weighted by Crippen LogP contribution is 2.43. The van der Waals surface area contributed by atoms with E-state index in [4.69, 9.17) is 0 Å². The lowest BCUT2D eigenvalue weighted by atomic mass is 10.1. The Balaban J connectivity index is 1.70. The van der Waals surface area contributed by atoms with E-state index in [0.717, 1.165) is 50.4 Å². The van der Waals surface area contributed by atoms with E-state index in [1.165, 1.54) is 23.9 Å². The zero-order valence-electron chi connectivity index (χ0n) is 14.1. The molecule has 8 heteroatoms. The van der Waals surface area contributed by atoms with Crippen LogP contribution >= 0.6 is 11.8 Å². The second kappa shape index (κ2) is 7.55. The van der Waals surface area contributed by atoms with Crippen molar-refractivity contribution in [3.63, 3.8) is 0 Å². The van der Waals surface area contributed by atoms with Crippen LogP contribution in [0.25, 0.3) is 0 Å². The Kier molecular flexibility index (Phi) is 5.60. The van der Waals surface area contributed by atoms with E-state index in [1.807, 2.05) is 6.92 Å². The Hall–Kier alpha value is -1.25. The zero-order valence-corrected chi connectivity index (χ0v) is 14.9. The van der Waals surface area contributed by atoms with Gasteiger partial charge in [0.1, 0.15) is 5.37 Å². The quantitative estimate of drug-likeness (QED) is 0.880. The number of hydrogen-bond acceptors (Lipinski definition) is 4.